The van der Waals surface area contributed by atoms with Crippen molar-refractivity contribution in [3.63, 3.8) is 0 Å². The van der Waals surface area contributed by atoms with Gasteiger partial charge in [0.15, 0.2) is 5.11 Å². The second-order valence-electron chi connectivity index (χ2n) is 7.57. The summed E-state index contributed by atoms with van der Waals surface area (Å²) in [6.07, 6.45) is 7.83. The minimum absolute atomic E-state index is 0.279. The molecule has 31 heavy (non-hydrogen) atoms. The Morgan fingerprint density at radius 2 is 2.06 bits per heavy atom. The molecular formula is C23H26N4O2S2. The lowest BCUT2D eigenvalue weighted by molar-refractivity contribution is 0.0526. The highest BCUT2D eigenvalue weighted by atomic mass is 32.1. The molecule has 0 fully saturated rings. The Labute approximate surface area is 191 Å². The van der Waals surface area contributed by atoms with E-state index in [-0.39, 0.29) is 5.97 Å². The Morgan fingerprint density at radius 3 is 2.87 bits per heavy atom. The maximum absolute atomic E-state index is 12.6. The van der Waals surface area contributed by atoms with E-state index in [4.69, 9.17) is 17.0 Å². The Balaban J connectivity index is 1.46. The fraction of sp³-hybridized carbons (Fsp3) is 0.348. The van der Waals surface area contributed by atoms with E-state index < -0.39 is 0 Å². The number of rotatable bonds is 6. The minimum Gasteiger partial charge on any atom is -0.462 e. The molecule has 0 radical (unpaired) electrons. The number of benzene rings is 1. The number of hydrogen-bond donors (Lipinski definition) is 2. The molecule has 0 spiro atoms. The van der Waals surface area contributed by atoms with E-state index >= 15 is 0 Å². The molecule has 4 rings (SSSR count). The molecule has 1 aliphatic rings. The molecule has 0 unspecified atom stereocenters. The Hall–Kier alpha value is -2.71. The van der Waals surface area contributed by atoms with Crippen LogP contribution >= 0.6 is 23.6 Å². The van der Waals surface area contributed by atoms with Crippen LogP contribution in [0.2, 0.25) is 0 Å². The third kappa shape index (κ3) is 4.97. The molecule has 0 atom stereocenters. The first-order chi connectivity index (χ1) is 15.0. The van der Waals surface area contributed by atoms with Gasteiger partial charge in [-0.25, -0.2) is 4.79 Å². The third-order valence-electron chi connectivity index (χ3n) is 5.36. The lowest BCUT2D eigenvalue weighted by Crippen LogP contribution is -2.20. The summed E-state index contributed by atoms with van der Waals surface area (Å²) in [5.41, 5.74) is 5.01. The van der Waals surface area contributed by atoms with Crippen LogP contribution in [0.15, 0.2) is 36.7 Å². The summed E-state index contributed by atoms with van der Waals surface area (Å²) in [5.74, 6) is -0.279. The lowest BCUT2D eigenvalue weighted by atomic mass is 9.95. The number of thiophene rings is 1. The average molecular weight is 455 g/mol. The first-order valence-electron chi connectivity index (χ1n) is 10.5. The molecule has 0 bridgehead atoms. The number of esters is 1. The van der Waals surface area contributed by atoms with Gasteiger partial charge < -0.3 is 15.4 Å². The van der Waals surface area contributed by atoms with Crippen LogP contribution in [0.3, 0.4) is 0 Å². The van der Waals surface area contributed by atoms with Gasteiger partial charge in [0.25, 0.3) is 0 Å². The van der Waals surface area contributed by atoms with Gasteiger partial charge in [0.05, 0.1) is 30.6 Å². The van der Waals surface area contributed by atoms with Gasteiger partial charge in [-0.1, -0.05) is 24.3 Å². The highest BCUT2D eigenvalue weighted by molar-refractivity contribution is 7.80. The summed E-state index contributed by atoms with van der Waals surface area (Å²) in [7, 11) is 0. The molecule has 0 amide bonds. The quantitative estimate of drug-likeness (QED) is 0.396. The molecule has 3 aromatic rings. The van der Waals surface area contributed by atoms with Crippen molar-refractivity contribution in [2.75, 3.05) is 17.2 Å². The molecule has 8 heteroatoms. The van der Waals surface area contributed by atoms with E-state index in [9.17, 15) is 4.79 Å². The largest absolute Gasteiger partial charge is 0.462 e. The molecule has 1 aliphatic carbocycles. The molecular weight excluding hydrogens is 428 g/mol. The predicted octanol–water partition coefficient (Wildman–Crippen LogP) is 5.17. The van der Waals surface area contributed by atoms with Gasteiger partial charge in [0.2, 0.25) is 0 Å². The molecule has 0 saturated heterocycles. The predicted molar refractivity (Wildman–Crippen MR) is 129 cm³/mol. The minimum atomic E-state index is -0.279. The summed E-state index contributed by atoms with van der Waals surface area (Å²) in [6.45, 7) is 4.97. The first-order valence-corrected chi connectivity index (χ1v) is 11.7. The highest BCUT2D eigenvalue weighted by Gasteiger charge is 2.26. The van der Waals surface area contributed by atoms with Crippen LogP contribution in [0, 0.1) is 6.92 Å². The average Bonchev–Trinajstić information content (AvgIpc) is 3.33. The van der Waals surface area contributed by atoms with Crippen molar-refractivity contribution < 1.29 is 9.53 Å². The summed E-state index contributed by atoms with van der Waals surface area (Å²) in [5, 5.41) is 12.0. The highest BCUT2D eigenvalue weighted by Crippen LogP contribution is 2.38. The van der Waals surface area contributed by atoms with Gasteiger partial charge >= 0.3 is 5.97 Å². The zero-order valence-corrected chi connectivity index (χ0v) is 19.4. The van der Waals surface area contributed by atoms with Crippen LogP contribution in [0.4, 0.5) is 10.7 Å². The molecule has 6 nitrogen and oxygen atoms in total. The molecule has 162 valence electrons. The number of hydrogen-bond acceptors (Lipinski definition) is 5. The molecule has 1 aromatic carbocycles. The number of anilines is 2. The topological polar surface area (TPSA) is 68.2 Å². The monoisotopic (exact) mass is 454 g/mol. The maximum Gasteiger partial charge on any atom is 0.341 e. The number of nitrogens with zero attached hydrogens (tertiary/aromatic N) is 2. The summed E-state index contributed by atoms with van der Waals surface area (Å²) in [4.78, 5) is 13.9. The maximum atomic E-state index is 12.6. The van der Waals surface area contributed by atoms with Crippen molar-refractivity contribution in [2.24, 2.45) is 0 Å². The Morgan fingerprint density at radius 1 is 1.26 bits per heavy atom. The van der Waals surface area contributed by atoms with Crippen molar-refractivity contribution in [1.82, 2.24) is 9.78 Å². The van der Waals surface area contributed by atoms with Gasteiger partial charge in [-0.3, -0.25) is 4.68 Å². The van der Waals surface area contributed by atoms with Crippen molar-refractivity contribution in [1.29, 1.82) is 0 Å². The van der Waals surface area contributed by atoms with E-state index in [1.54, 1.807) is 17.5 Å². The van der Waals surface area contributed by atoms with Gasteiger partial charge in [0.1, 0.15) is 5.00 Å². The smallest absolute Gasteiger partial charge is 0.341 e. The van der Waals surface area contributed by atoms with Crippen LogP contribution in [0.5, 0.6) is 0 Å². The number of aromatic nitrogens is 2. The number of carbonyl (C=O) groups excluding carboxylic acids is 1. The van der Waals surface area contributed by atoms with E-state index in [0.29, 0.717) is 23.8 Å². The second-order valence-corrected chi connectivity index (χ2v) is 9.08. The van der Waals surface area contributed by atoms with Crippen molar-refractivity contribution in [3.05, 3.63) is 63.8 Å². The van der Waals surface area contributed by atoms with Crippen LogP contribution < -0.4 is 10.6 Å². The molecule has 0 saturated carbocycles. The number of fused-ring (bicyclic) bond motifs is 1. The number of nitrogens with one attached hydrogen (secondary N) is 2. The normalized spacial score (nSPS) is 12.8. The zero-order chi connectivity index (χ0) is 21.8. The van der Waals surface area contributed by atoms with Crippen molar-refractivity contribution in [2.45, 2.75) is 46.1 Å². The molecule has 2 aromatic heterocycles. The Kier molecular flexibility index (Phi) is 6.67. The third-order valence-corrected chi connectivity index (χ3v) is 6.77. The van der Waals surface area contributed by atoms with Crippen LogP contribution in [0.25, 0.3) is 0 Å². The Bertz CT molecular complexity index is 1100. The SMILES string of the molecule is CCOC(=O)c1c(NC(=S)Nc2cnn(Cc3ccccc3C)c2)sc2c1CCCC2. The number of aryl methyl sites for hydroxylation is 2. The first kappa shape index (κ1) is 21.5. The second kappa shape index (κ2) is 9.62. The lowest BCUT2D eigenvalue weighted by Gasteiger charge is -2.13. The summed E-state index contributed by atoms with van der Waals surface area (Å²) < 4.78 is 7.19. The summed E-state index contributed by atoms with van der Waals surface area (Å²) in [6, 6.07) is 8.27. The van der Waals surface area contributed by atoms with E-state index in [1.807, 2.05) is 29.9 Å². The van der Waals surface area contributed by atoms with E-state index in [0.717, 1.165) is 41.9 Å². The number of ether oxygens (including phenoxy) is 1. The van der Waals surface area contributed by atoms with Gasteiger partial charge in [-0.15, -0.1) is 11.3 Å². The van der Waals surface area contributed by atoms with Crippen LogP contribution in [-0.2, 0) is 24.1 Å². The standard InChI is InChI=1S/C23H26N4O2S2/c1-3-29-22(28)20-18-10-6-7-11-19(18)31-21(20)26-23(30)25-17-12-24-27(14-17)13-16-9-5-4-8-15(16)2/h4-5,8-9,12,14H,3,6-7,10-11,13H2,1-2H3,(H2,25,26,30). The number of carbonyl (C=O) groups is 1. The van der Waals surface area contributed by atoms with Crippen LogP contribution in [0.1, 0.15) is 51.7 Å². The zero-order valence-electron chi connectivity index (χ0n) is 17.7. The van der Waals surface area contributed by atoms with Crippen molar-refractivity contribution >= 4 is 45.3 Å². The fourth-order valence-corrected chi connectivity index (χ4v) is 5.38. The summed E-state index contributed by atoms with van der Waals surface area (Å²) >= 11 is 7.13. The van der Waals surface area contributed by atoms with E-state index in [2.05, 4.69) is 34.8 Å². The van der Waals surface area contributed by atoms with E-state index in [1.165, 1.54) is 16.0 Å². The fourth-order valence-electron chi connectivity index (χ4n) is 3.82. The number of thiocarbonyl (C=S) groups is 1. The van der Waals surface area contributed by atoms with Gasteiger partial charge in [0, 0.05) is 11.1 Å². The van der Waals surface area contributed by atoms with Gasteiger partial charge in [-0.05, 0) is 68.4 Å². The molecule has 2 N–H and O–H groups in total. The van der Waals surface area contributed by atoms with Crippen LogP contribution in [-0.4, -0.2) is 27.5 Å². The molecule has 0 aliphatic heterocycles. The van der Waals surface area contributed by atoms with Crippen molar-refractivity contribution in [3.8, 4) is 0 Å². The van der Waals surface area contributed by atoms with Gasteiger partial charge in [-0.2, -0.15) is 5.10 Å². The molecule has 2 heterocycles.